The van der Waals surface area contributed by atoms with E-state index in [4.69, 9.17) is 0 Å². The molecule has 0 radical (unpaired) electrons. The van der Waals surface area contributed by atoms with Crippen molar-refractivity contribution in [2.24, 2.45) is 0 Å². The third-order valence-corrected chi connectivity index (χ3v) is 5.23. The van der Waals surface area contributed by atoms with Crippen LogP contribution in [-0.2, 0) is 10.0 Å². The Kier molecular flexibility index (Phi) is 4.97. The minimum absolute atomic E-state index is 0.0733. The molecule has 0 aliphatic carbocycles. The van der Waals surface area contributed by atoms with E-state index in [1.54, 1.807) is 18.2 Å². The minimum atomic E-state index is -3.45. The van der Waals surface area contributed by atoms with Gasteiger partial charge in [-0.3, -0.25) is 0 Å². The highest BCUT2D eigenvalue weighted by Crippen LogP contribution is 2.25. The van der Waals surface area contributed by atoms with Crippen molar-refractivity contribution in [3.8, 4) is 0 Å². The van der Waals surface area contributed by atoms with E-state index in [2.05, 4.69) is 36.6 Å². The summed E-state index contributed by atoms with van der Waals surface area (Å²) in [6.07, 6.45) is 0.755. The van der Waals surface area contributed by atoms with Crippen LogP contribution in [0.25, 0.3) is 0 Å². The van der Waals surface area contributed by atoms with Crippen molar-refractivity contribution in [2.75, 3.05) is 0 Å². The first kappa shape index (κ1) is 14.2. The van der Waals surface area contributed by atoms with Gasteiger partial charge in [0.05, 0.1) is 4.90 Å². The molecule has 0 amide bonds. The molecule has 1 rings (SSSR count). The van der Waals surface area contributed by atoms with E-state index in [1.165, 1.54) is 0 Å². The van der Waals surface area contributed by atoms with Crippen molar-refractivity contribution < 1.29 is 8.42 Å². The number of nitrogens with one attached hydrogen (secondary N) is 1. The van der Waals surface area contributed by atoms with Crippen LogP contribution >= 0.6 is 31.9 Å². The van der Waals surface area contributed by atoms with E-state index in [0.29, 0.717) is 4.47 Å². The van der Waals surface area contributed by atoms with Crippen molar-refractivity contribution >= 4 is 41.9 Å². The van der Waals surface area contributed by atoms with Gasteiger partial charge in [-0.25, -0.2) is 13.1 Å². The molecule has 0 heterocycles. The first-order chi connectivity index (χ1) is 7.36. The summed E-state index contributed by atoms with van der Waals surface area (Å²) in [4.78, 5) is 0.252. The smallest absolute Gasteiger partial charge is 0.208 e. The number of halogens is 2. The molecule has 1 atom stereocenters. The Morgan fingerprint density at radius 2 is 2.00 bits per heavy atom. The zero-order chi connectivity index (χ0) is 12.3. The van der Waals surface area contributed by atoms with Crippen LogP contribution in [0.1, 0.15) is 20.3 Å². The van der Waals surface area contributed by atoms with E-state index in [0.717, 1.165) is 10.9 Å². The quantitative estimate of drug-likeness (QED) is 0.883. The lowest BCUT2D eigenvalue weighted by molar-refractivity contribution is 0.555. The van der Waals surface area contributed by atoms with Crippen molar-refractivity contribution in [1.29, 1.82) is 0 Å². The fourth-order valence-electron chi connectivity index (χ4n) is 1.09. The number of hydrogen-bond donors (Lipinski definition) is 1. The van der Waals surface area contributed by atoms with Gasteiger partial charge in [0.15, 0.2) is 0 Å². The standard InChI is InChI=1S/C10H13Br2NO2S/c1-3-7(2)13-16(14,15)10-6-8(11)4-5-9(10)12/h4-7,13H,3H2,1-2H3/t7-/m1/s1. The zero-order valence-electron chi connectivity index (χ0n) is 9.00. The van der Waals surface area contributed by atoms with Gasteiger partial charge in [-0.15, -0.1) is 0 Å². The molecule has 1 N–H and O–H groups in total. The molecule has 6 heteroatoms. The highest BCUT2D eigenvalue weighted by Gasteiger charge is 2.19. The van der Waals surface area contributed by atoms with Gasteiger partial charge in [0.2, 0.25) is 10.0 Å². The summed E-state index contributed by atoms with van der Waals surface area (Å²) < 4.78 is 27.9. The molecule has 3 nitrogen and oxygen atoms in total. The number of sulfonamides is 1. The van der Waals surface area contributed by atoms with Crippen LogP contribution in [0.15, 0.2) is 32.0 Å². The van der Waals surface area contributed by atoms with E-state index >= 15 is 0 Å². The van der Waals surface area contributed by atoms with Crippen molar-refractivity contribution in [3.05, 3.63) is 27.1 Å². The maximum atomic E-state index is 12.0. The van der Waals surface area contributed by atoms with Crippen molar-refractivity contribution in [1.82, 2.24) is 4.72 Å². The van der Waals surface area contributed by atoms with Crippen LogP contribution in [0.5, 0.6) is 0 Å². The molecule has 0 spiro atoms. The van der Waals surface area contributed by atoms with Crippen LogP contribution in [0.2, 0.25) is 0 Å². The molecule has 0 bridgehead atoms. The number of benzene rings is 1. The van der Waals surface area contributed by atoms with Gasteiger partial charge in [0.1, 0.15) is 0 Å². The maximum absolute atomic E-state index is 12.0. The third kappa shape index (κ3) is 3.55. The van der Waals surface area contributed by atoms with Crippen LogP contribution in [0.4, 0.5) is 0 Å². The molecular formula is C10H13Br2NO2S. The predicted octanol–water partition coefficient (Wildman–Crippen LogP) is 3.29. The number of hydrogen-bond acceptors (Lipinski definition) is 2. The molecule has 16 heavy (non-hydrogen) atoms. The summed E-state index contributed by atoms with van der Waals surface area (Å²) in [6.45, 7) is 3.77. The largest absolute Gasteiger partial charge is 0.241 e. The summed E-state index contributed by atoms with van der Waals surface area (Å²) in [5.41, 5.74) is 0. The molecule has 0 saturated heterocycles. The van der Waals surface area contributed by atoms with E-state index in [1.807, 2.05) is 13.8 Å². The van der Waals surface area contributed by atoms with Gasteiger partial charge in [-0.2, -0.15) is 0 Å². The summed E-state index contributed by atoms with van der Waals surface area (Å²) in [5, 5.41) is 0. The van der Waals surface area contributed by atoms with E-state index in [-0.39, 0.29) is 10.9 Å². The molecule has 0 fully saturated rings. The molecule has 1 aromatic rings. The molecule has 0 unspecified atom stereocenters. The van der Waals surface area contributed by atoms with Gasteiger partial charge >= 0.3 is 0 Å². The Bertz CT molecular complexity index is 474. The molecule has 90 valence electrons. The minimum Gasteiger partial charge on any atom is -0.208 e. The normalized spacial score (nSPS) is 13.8. The second kappa shape index (κ2) is 5.62. The maximum Gasteiger partial charge on any atom is 0.241 e. The van der Waals surface area contributed by atoms with Crippen LogP contribution < -0.4 is 4.72 Å². The topological polar surface area (TPSA) is 46.2 Å². The second-order valence-corrected chi connectivity index (χ2v) is 6.96. The Morgan fingerprint density at radius 1 is 1.38 bits per heavy atom. The summed E-state index contributed by atoms with van der Waals surface area (Å²) >= 11 is 6.50. The Labute approximate surface area is 113 Å². The second-order valence-electron chi connectivity index (χ2n) is 3.51. The summed E-state index contributed by atoms with van der Waals surface area (Å²) in [7, 11) is -3.45. The van der Waals surface area contributed by atoms with Crippen molar-refractivity contribution in [3.63, 3.8) is 0 Å². The molecule has 0 aromatic heterocycles. The molecule has 0 aliphatic rings. The van der Waals surface area contributed by atoms with Crippen molar-refractivity contribution in [2.45, 2.75) is 31.2 Å². The molecular weight excluding hydrogens is 358 g/mol. The SMILES string of the molecule is CC[C@@H](C)NS(=O)(=O)c1cc(Br)ccc1Br. The third-order valence-electron chi connectivity index (χ3n) is 2.15. The molecule has 1 aromatic carbocycles. The fourth-order valence-corrected chi connectivity index (χ4v) is 3.92. The molecule has 0 saturated carbocycles. The lowest BCUT2D eigenvalue weighted by atomic mass is 10.3. The summed E-state index contributed by atoms with van der Waals surface area (Å²) in [6, 6.07) is 4.99. The predicted molar refractivity (Wildman–Crippen MR) is 71.9 cm³/mol. The first-order valence-electron chi connectivity index (χ1n) is 4.84. The fraction of sp³-hybridized carbons (Fsp3) is 0.400. The zero-order valence-corrected chi connectivity index (χ0v) is 13.0. The Hall–Kier alpha value is 0.0900. The van der Waals surface area contributed by atoms with Gasteiger partial charge in [0.25, 0.3) is 0 Å². The number of rotatable bonds is 4. The van der Waals surface area contributed by atoms with E-state index < -0.39 is 10.0 Å². The average molecular weight is 371 g/mol. The average Bonchev–Trinajstić information content (AvgIpc) is 2.20. The van der Waals surface area contributed by atoms with Crippen LogP contribution in [-0.4, -0.2) is 14.5 Å². The van der Waals surface area contributed by atoms with Gasteiger partial charge < -0.3 is 0 Å². The highest BCUT2D eigenvalue weighted by molar-refractivity contribution is 9.11. The van der Waals surface area contributed by atoms with Gasteiger partial charge in [0, 0.05) is 15.0 Å². The lowest BCUT2D eigenvalue weighted by Crippen LogP contribution is -2.32. The Morgan fingerprint density at radius 3 is 2.56 bits per heavy atom. The lowest BCUT2D eigenvalue weighted by Gasteiger charge is -2.13. The highest BCUT2D eigenvalue weighted by atomic mass is 79.9. The van der Waals surface area contributed by atoms with Crippen LogP contribution in [0, 0.1) is 0 Å². The van der Waals surface area contributed by atoms with Crippen LogP contribution in [0.3, 0.4) is 0 Å². The Balaban J connectivity index is 3.12. The van der Waals surface area contributed by atoms with Gasteiger partial charge in [-0.1, -0.05) is 22.9 Å². The first-order valence-corrected chi connectivity index (χ1v) is 7.91. The monoisotopic (exact) mass is 369 g/mol. The van der Waals surface area contributed by atoms with E-state index in [9.17, 15) is 8.42 Å². The molecule has 0 aliphatic heterocycles. The summed E-state index contributed by atoms with van der Waals surface area (Å²) in [5.74, 6) is 0. The van der Waals surface area contributed by atoms with Gasteiger partial charge in [-0.05, 0) is 47.5 Å².